The van der Waals surface area contributed by atoms with Crippen molar-refractivity contribution < 1.29 is 0 Å². The largest absolute Gasteiger partial charge is 0.255 e. The molecule has 2 nitrogen and oxygen atoms in total. The molecule has 0 aromatic carbocycles. The van der Waals surface area contributed by atoms with Gasteiger partial charge >= 0.3 is 0 Å². The van der Waals surface area contributed by atoms with E-state index < -0.39 is 0 Å². The summed E-state index contributed by atoms with van der Waals surface area (Å²) in [7, 11) is 0. The van der Waals surface area contributed by atoms with Crippen molar-refractivity contribution in [1.82, 2.24) is 9.97 Å². The van der Waals surface area contributed by atoms with Crippen molar-refractivity contribution in [3.05, 3.63) is 36.0 Å². The lowest BCUT2D eigenvalue weighted by Gasteiger charge is -1.95. The highest BCUT2D eigenvalue weighted by Crippen LogP contribution is 2.25. The summed E-state index contributed by atoms with van der Waals surface area (Å²) in [5.41, 5.74) is 0.966. The van der Waals surface area contributed by atoms with E-state index in [1.165, 1.54) is 10.8 Å². The monoisotopic (exact) mass is 186 g/mol. The zero-order valence-corrected chi connectivity index (χ0v) is 7.58. The Kier molecular flexibility index (Phi) is 1.34. The molecule has 3 aromatic rings. The van der Waals surface area contributed by atoms with Crippen LogP contribution in [0.15, 0.2) is 36.0 Å². The molecular formula is C10H6N2S. The Hall–Kier alpha value is -1.48. The summed E-state index contributed by atoms with van der Waals surface area (Å²) >= 11 is 1.66. The maximum atomic E-state index is 4.33. The smallest absolute Gasteiger partial charge is 0.123 e. The molecule has 0 atom stereocenters. The molecule has 0 aliphatic rings. The summed E-state index contributed by atoms with van der Waals surface area (Å²) in [6.45, 7) is 0. The van der Waals surface area contributed by atoms with E-state index in [1.54, 1.807) is 17.5 Å². The molecular weight excluding hydrogens is 180 g/mol. The molecule has 0 aliphatic carbocycles. The molecule has 0 fully saturated rings. The average molecular weight is 186 g/mol. The lowest BCUT2D eigenvalue weighted by molar-refractivity contribution is 1.37. The van der Waals surface area contributed by atoms with Crippen LogP contribution in [0.5, 0.6) is 0 Å². The fourth-order valence-corrected chi connectivity index (χ4v) is 2.23. The van der Waals surface area contributed by atoms with Crippen molar-refractivity contribution in [3.63, 3.8) is 0 Å². The molecule has 0 saturated carbocycles. The molecule has 0 unspecified atom stereocenters. The first-order chi connectivity index (χ1) is 6.45. The normalized spacial score (nSPS) is 11.1. The minimum Gasteiger partial charge on any atom is -0.255 e. The summed E-state index contributed by atoms with van der Waals surface area (Å²) in [4.78, 5) is 9.66. The topological polar surface area (TPSA) is 25.8 Å². The number of fused-ring (bicyclic) bond motifs is 3. The molecule has 0 N–H and O–H groups in total. The predicted molar refractivity (Wildman–Crippen MR) is 54.9 cm³/mol. The van der Waals surface area contributed by atoms with Gasteiger partial charge in [-0.1, -0.05) is 6.07 Å². The number of hydrogen-bond acceptors (Lipinski definition) is 3. The van der Waals surface area contributed by atoms with Gasteiger partial charge in [-0.2, -0.15) is 0 Å². The third kappa shape index (κ3) is 0.939. The molecule has 3 heterocycles. The highest BCUT2D eigenvalue weighted by molar-refractivity contribution is 7.16. The van der Waals surface area contributed by atoms with E-state index >= 15 is 0 Å². The Morgan fingerprint density at radius 1 is 1.08 bits per heavy atom. The van der Waals surface area contributed by atoms with Crippen molar-refractivity contribution in [2.75, 3.05) is 0 Å². The van der Waals surface area contributed by atoms with Crippen LogP contribution in [0.4, 0.5) is 0 Å². The summed E-state index contributed by atoms with van der Waals surface area (Å²) in [6.07, 6.45) is 3.62. The van der Waals surface area contributed by atoms with Crippen LogP contribution in [0.25, 0.3) is 21.1 Å². The Morgan fingerprint density at radius 2 is 2.08 bits per heavy atom. The van der Waals surface area contributed by atoms with Gasteiger partial charge in [-0.15, -0.1) is 11.3 Å². The van der Waals surface area contributed by atoms with Crippen LogP contribution in [0.2, 0.25) is 0 Å². The van der Waals surface area contributed by atoms with Crippen molar-refractivity contribution >= 4 is 32.5 Å². The number of hydrogen-bond donors (Lipinski definition) is 0. The number of pyridine rings is 2. The quantitative estimate of drug-likeness (QED) is 0.539. The van der Waals surface area contributed by atoms with Crippen LogP contribution in [0, 0.1) is 0 Å². The van der Waals surface area contributed by atoms with E-state index in [9.17, 15) is 0 Å². The van der Waals surface area contributed by atoms with Crippen LogP contribution < -0.4 is 0 Å². The molecule has 0 radical (unpaired) electrons. The van der Waals surface area contributed by atoms with Gasteiger partial charge in [-0.05, 0) is 17.5 Å². The van der Waals surface area contributed by atoms with Crippen LogP contribution >= 0.6 is 11.3 Å². The highest BCUT2D eigenvalue weighted by atomic mass is 32.1. The van der Waals surface area contributed by atoms with E-state index in [0.717, 1.165) is 10.3 Å². The van der Waals surface area contributed by atoms with Crippen molar-refractivity contribution in [2.24, 2.45) is 0 Å². The summed E-state index contributed by atoms with van der Waals surface area (Å²) < 4.78 is 0. The molecule has 62 valence electrons. The van der Waals surface area contributed by atoms with E-state index in [2.05, 4.69) is 27.5 Å². The first-order valence-electron chi connectivity index (χ1n) is 4.02. The summed E-state index contributed by atoms with van der Waals surface area (Å²) in [5.74, 6) is 0. The fraction of sp³-hybridized carbons (Fsp3) is 0. The van der Waals surface area contributed by atoms with Gasteiger partial charge < -0.3 is 0 Å². The van der Waals surface area contributed by atoms with E-state index in [0.29, 0.717) is 0 Å². The van der Waals surface area contributed by atoms with Crippen LogP contribution in [-0.4, -0.2) is 9.97 Å². The number of rotatable bonds is 0. The van der Waals surface area contributed by atoms with E-state index in [4.69, 9.17) is 0 Å². The number of thiophene rings is 1. The maximum Gasteiger partial charge on any atom is 0.123 e. The summed E-state index contributed by atoms with van der Waals surface area (Å²) in [5, 5.41) is 4.45. The molecule has 3 aromatic heterocycles. The van der Waals surface area contributed by atoms with Gasteiger partial charge in [0.2, 0.25) is 0 Å². The standard InChI is InChI=1S/C10H6N2S/c1-2-7-8-3-5-13-10(8)12-6-9(7)11-4-1/h1-6H. The number of nitrogens with zero attached hydrogens (tertiary/aromatic N) is 2. The second-order valence-electron chi connectivity index (χ2n) is 2.83. The Bertz CT molecular complexity index is 571. The van der Waals surface area contributed by atoms with Gasteiger partial charge in [-0.25, -0.2) is 4.98 Å². The van der Waals surface area contributed by atoms with Gasteiger partial charge in [0.25, 0.3) is 0 Å². The second kappa shape index (κ2) is 2.50. The van der Waals surface area contributed by atoms with Gasteiger partial charge in [0.15, 0.2) is 0 Å². The van der Waals surface area contributed by atoms with E-state index in [1.807, 2.05) is 12.3 Å². The average Bonchev–Trinajstić information content (AvgIpc) is 2.65. The van der Waals surface area contributed by atoms with Crippen LogP contribution in [0.3, 0.4) is 0 Å². The van der Waals surface area contributed by atoms with Crippen LogP contribution in [-0.2, 0) is 0 Å². The Balaban J connectivity index is 2.65. The first-order valence-corrected chi connectivity index (χ1v) is 4.90. The maximum absolute atomic E-state index is 4.33. The van der Waals surface area contributed by atoms with Gasteiger partial charge in [0, 0.05) is 17.0 Å². The molecule has 13 heavy (non-hydrogen) atoms. The molecule has 0 saturated heterocycles. The fourth-order valence-electron chi connectivity index (χ4n) is 1.47. The minimum absolute atomic E-state index is 0.966. The Morgan fingerprint density at radius 3 is 3.08 bits per heavy atom. The third-order valence-electron chi connectivity index (χ3n) is 2.08. The second-order valence-corrected chi connectivity index (χ2v) is 3.73. The molecule has 3 rings (SSSR count). The van der Waals surface area contributed by atoms with Gasteiger partial charge in [0.05, 0.1) is 11.7 Å². The SMILES string of the molecule is c1cnc2cnc3sccc3c2c1. The first kappa shape index (κ1) is 6.97. The Labute approximate surface area is 78.9 Å². The molecule has 0 aliphatic heterocycles. The van der Waals surface area contributed by atoms with Gasteiger partial charge in [-0.3, -0.25) is 4.98 Å². The zero-order chi connectivity index (χ0) is 8.67. The van der Waals surface area contributed by atoms with Gasteiger partial charge in [0.1, 0.15) is 4.83 Å². The lowest BCUT2D eigenvalue weighted by atomic mass is 10.2. The van der Waals surface area contributed by atoms with Crippen molar-refractivity contribution in [1.29, 1.82) is 0 Å². The molecule has 0 amide bonds. The predicted octanol–water partition coefficient (Wildman–Crippen LogP) is 2.84. The third-order valence-corrected chi connectivity index (χ3v) is 2.90. The van der Waals surface area contributed by atoms with Crippen LogP contribution in [0.1, 0.15) is 0 Å². The zero-order valence-electron chi connectivity index (χ0n) is 6.77. The van der Waals surface area contributed by atoms with Crippen molar-refractivity contribution in [2.45, 2.75) is 0 Å². The minimum atomic E-state index is 0.966. The molecule has 0 bridgehead atoms. The number of aromatic nitrogens is 2. The lowest BCUT2D eigenvalue weighted by Crippen LogP contribution is -1.79. The van der Waals surface area contributed by atoms with E-state index in [-0.39, 0.29) is 0 Å². The summed E-state index contributed by atoms with van der Waals surface area (Å²) in [6, 6.07) is 6.13. The molecule has 3 heteroatoms. The van der Waals surface area contributed by atoms with Crippen molar-refractivity contribution in [3.8, 4) is 0 Å². The highest BCUT2D eigenvalue weighted by Gasteiger charge is 2.01. The molecule has 0 spiro atoms.